The lowest BCUT2D eigenvalue weighted by Crippen LogP contribution is -2.12. The second-order valence-electron chi connectivity index (χ2n) is 2.71. The van der Waals surface area contributed by atoms with Gasteiger partial charge in [0.05, 0.1) is 0 Å². The highest BCUT2D eigenvalue weighted by Crippen LogP contribution is 2.43. The Balaban J connectivity index is 3.11. The molecule has 1 rings (SSSR count). The van der Waals surface area contributed by atoms with E-state index in [1.165, 1.54) is 5.57 Å². The summed E-state index contributed by atoms with van der Waals surface area (Å²) in [5.41, 5.74) is 3.25. The molecule has 1 aliphatic carbocycles. The van der Waals surface area contributed by atoms with Crippen LogP contribution in [0.4, 0.5) is 0 Å². The maximum absolute atomic E-state index is 6.00. The van der Waals surface area contributed by atoms with Crippen molar-refractivity contribution < 1.29 is 0 Å². The van der Waals surface area contributed by atoms with E-state index in [9.17, 15) is 0 Å². The van der Waals surface area contributed by atoms with Crippen LogP contribution in [0.15, 0.2) is 22.8 Å². The van der Waals surface area contributed by atoms with Gasteiger partial charge in [-0.05, 0) is 37.5 Å². The summed E-state index contributed by atoms with van der Waals surface area (Å²) in [4.78, 5) is 0. The van der Waals surface area contributed by atoms with Crippen molar-refractivity contribution in [3.05, 3.63) is 22.8 Å². The molecule has 56 valence electrons. The minimum Gasteiger partial charge on any atom is -0.0916 e. The van der Waals surface area contributed by atoms with Gasteiger partial charge >= 0.3 is 0 Å². The molecule has 0 fully saturated rings. The molecule has 0 spiro atoms. The predicted octanol–water partition coefficient (Wildman–Crippen LogP) is 3.46. The molecule has 1 aliphatic rings. The van der Waals surface area contributed by atoms with Crippen LogP contribution in [-0.2, 0) is 0 Å². The Labute approximate surface area is 71.5 Å². The van der Waals surface area contributed by atoms with E-state index in [0.29, 0.717) is 0 Å². The molecule has 0 saturated heterocycles. The molecule has 0 saturated carbocycles. The van der Waals surface area contributed by atoms with E-state index in [1.807, 2.05) is 26.8 Å². The quantitative estimate of drug-likeness (QED) is 0.497. The highest BCUT2D eigenvalue weighted by atomic mass is 35.5. The summed E-state index contributed by atoms with van der Waals surface area (Å²) in [5.74, 6) is 0. The van der Waals surface area contributed by atoms with Crippen molar-refractivity contribution in [2.45, 2.75) is 25.1 Å². The normalized spacial score (nSPS) is 23.5. The van der Waals surface area contributed by atoms with E-state index >= 15 is 0 Å². The first-order valence-corrected chi connectivity index (χ1v) is 3.96. The minimum absolute atomic E-state index is 0.732. The van der Waals surface area contributed by atoms with E-state index in [1.54, 1.807) is 0 Å². The number of rotatable bonds is 0. The summed E-state index contributed by atoms with van der Waals surface area (Å²) in [5, 5.41) is 0. The van der Waals surface area contributed by atoms with Gasteiger partial charge in [0, 0.05) is 0 Å². The molecule has 0 aromatic carbocycles. The minimum atomic E-state index is -0.732. The lowest BCUT2D eigenvalue weighted by Gasteiger charge is -2.16. The van der Waals surface area contributed by atoms with Crippen molar-refractivity contribution in [3.8, 4) is 0 Å². The lowest BCUT2D eigenvalue weighted by atomic mass is 10.1. The zero-order valence-corrected chi connectivity index (χ0v) is 7.85. The Morgan fingerprint density at radius 1 is 1.20 bits per heavy atom. The molecule has 0 aromatic heterocycles. The van der Waals surface area contributed by atoms with Crippen molar-refractivity contribution in [2.24, 2.45) is 0 Å². The molecule has 0 aromatic rings. The first-order valence-electron chi connectivity index (χ1n) is 3.21. The largest absolute Gasteiger partial charge is 0.160 e. The van der Waals surface area contributed by atoms with E-state index in [-0.39, 0.29) is 0 Å². The first-order chi connectivity index (χ1) is 4.46. The van der Waals surface area contributed by atoms with Gasteiger partial charge in [-0.3, -0.25) is 0 Å². The molecule has 0 heterocycles. The maximum Gasteiger partial charge on any atom is 0.160 e. The number of alkyl halides is 2. The highest BCUT2D eigenvalue weighted by Gasteiger charge is 2.33. The smallest absolute Gasteiger partial charge is 0.0916 e. The summed E-state index contributed by atoms with van der Waals surface area (Å²) in [7, 11) is 0. The van der Waals surface area contributed by atoms with Gasteiger partial charge in [0.15, 0.2) is 4.33 Å². The van der Waals surface area contributed by atoms with Gasteiger partial charge in [-0.2, -0.15) is 0 Å². The lowest BCUT2D eigenvalue weighted by molar-refractivity contribution is 1.06. The number of hydrogen-bond donors (Lipinski definition) is 0. The maximum atomic E-state index is 6.00. The SMILES string of the molecule is CC1=CC(C)=C(C)C1(Cl)Cl. The van der Waals surface area contributed by atoms with Crippen molar-refractivity contribution in [1.82, 2.24) is 0 Å². The van der Waals surface area contributed by atoms with Crippen molar-refractivity contribution in [2.75, 3.05) is 0 Å². The van der Waals surface area contributed by atoms with Crippen LogP contribution in [0.2, 0.25) is 0 Å². The second kappa shape index (κ2) is 2.28. The summed E-state index contributed by atoms with van der Waals surface area (Å²) in [6, 6.07) is 0. The van der Waals surface area contributed by atoms with Gasteiger partial charge in [-0.15, -0.1) is 0 Å². The summed E-state index contributed by atoms with van der Waals surface area (Å²) in [6.07, 6.45) is 2.02. The Morgan fingerprint density at radius 2 is 1.70 bits per heavy atom. The third-order valence-corrected chi connectivity index (χ3v) is 3.15. The third kappa shape index (κ3) is 0.998. The van der Waals surface area contributed by atoms with E-state index in [4.69, 9.17) is 23.2 Å². The van der Waals surface area contributed by atoms with Crippen LogP contribution in [0.25, 0.3) is 0 Å². The standard InChI is InChI=1S/C8H10Cl2/c1-5-4-6(2)8(9,10)7(5)3/h4H,1-3H3. The van der Waals surface area contributed by atoms with Crippen LogP contribution in [0.3, 0.4) is 0 Å². The fourth-order valence-corrected chi connectivity index (χ4v) is 1.47. The zero-order chi connectivity index (χ0) is 7.94. The Morgan fingerprint density at radius 3 is 1.80 bits per heavy atom. The number of allylic oxidation sites excluding steroid dienone is 4. The molecule has 2 heteroatoms. The van der Waals surface area contributed by atoms with Crippen LogP contribution >= 0.6 is 23.2 Å². The Hall–Kier alpha value is 0.0600. The number of halogens is 2. The Kier molecular flexibility index (Phi) is 1.86. The van der Waals surface area contributed by atoms with Gasteiger partial charge in [-0.25, -0.2) is 0 Å². The zero-order valence-electron chi connectivity index (χ0n) is 6.33. The van der Waals surface area contributed by atoms with Crippen LogP contribution < -0.4 is 0 Å². The van der Waals surface area contributed by atoms with E-state index in [0.717, 1.165) is 11.1 Å². The summed E-state index contributed by atoms with van der Waals surface area (Å²) < 4.78 is -0.732. The molecular weight excluding hydrogens is 167 g/mol. The average Bonchev–Trinajstić information content (AvgIpc) is 1.97. The van der Waals surface area contributed by atoms with E-state index in [2.05, 4.69) is 0 Å². The topological polar surface area (TPSA) is 0 Å². The number of hydrogen-bond acceptors (Lipinski definition) is 0. The van der Waals surface area contributed by atoms with Gasteiger partial charge in [0.2, 0.25) is 0 Å². The highest BCUT2D eigenvalue weighted by molar-refractivity contribution is 6.52. The monoisotopic (exact) mass is 176 g/mol. The summed E-state index contributed by atoms with van der Waals surface area (Å²) in [6.45, 7) is 5.92. The van der Waals surface area contributed by atoms with Gasteiger partial charge in [-0.1, -0.05) is 29.3 Å². The van der Waals surface area contributed by atoms with Crippen LogP contribution in [0.1, 0.15) is 20.8 Å². The van der Waals surface area contributed by atoms with Crippen molar-refractivity contribution >= 4 is 23.2 Å². The molecule has 0 amide bonds. The third-order valence-electron chi connectivity index (χ3n) is 1.99. The Bertz CT molecular complexity index is 221. The molecule has 10 heavy (non-hydrogen) atoms. The van der Waals surface area contributed by atoms with Crippen molar-refractivity contribution in [1.29, 1.82) is 0 Å². The molecule has 0 atom stereocenters. The van der Waals surface area contributed by atoms with Crippen LogP contribution in [0.5, 0.6) is 0 Å². The molecule has 0 radical (unpaired) electrons. The average molecular weight is 177 g/mol. The van der Waals surface area contributed by atoms with Crippen LogP contribution in [0, 0.1) is 0 Å². The molecule has 0 unspecified atom stereocenters. The predicted molar refractivity (Wildman–Crippen MR) is 46.6 cm³/mol. The molecule has 0 aliphatic heterocycles. The molecular formula is C8H10Cl2. The van der Waals surface area contributed by atoms with Crippen LogP contribution in [-0.4, -0.2) is 4.33 Å². The summed E-state index contributed by atoms with van der Waals surface area (Å²) >= 11 is 12.0. The van der Waals surface area contributed by atoms with Gasteiger partial charge in [0.25, 0.3) is 0 Å². The fourth-order valence-electron chi connectivity index (χ4n) is 1.07. The molecule has 0 nitrogen and oxygen atoms in total. The molecule has 0 N–H and O–H groups in total. The van der Waals surface area contributed by atoms with Gasteiger partial charge < -0.3 is 0 Å². The molecule has 0 bridgehead atoms. The first kappa shape index (κ1) is 8.16. The second-order valence-corrected chi connectivity index (χ2v) is 4.04. The fraction of sp³-hybridized carbons (Fsp3) is 0.500. The van der Waals surface area contributed by atoms with Crippen molar-refractivity contribution in [3.63, 3.8) is 0 Å². The van der Waals surface area contributed by atoms with E-state index < -0.39 is 4.33 Å². The van der Waals surface area contributed by atoms with Gasteiger partial charge in [0.1, 0.15) is 0 Å².